The minimum absolute atomic E-state index is 0.00144. The van der Waals surface area contributed by atoms with E-state index in [1.54, 1.807) is 4.90 Å². The normalized spacial score (nSPS) is 16.3. The summed E-state index contributed by atoms with van der Waals surface area (Å²) in [6, 6.07) is 0.300. The van der Waals surface area contributed by atoms with Crippen molar-refractivity contribution in [3.05, 3.63) is 0 Å². The van der Waals surface area contributed by atoms with Crippen molar-refractivity contribution in [1.29, 1.82) is 0 Å². The molecular formula is C11H20N2O2S. The number of rotatable bonds is 6. The number of carbonyl (C=O) groups is 1. The molecule has 5 heteroatoms. The molecule has 1 saturated carbocycles. The van der Waals surface area contributed by atoms with Gasteiger partial charge in [0, 0.05) is 12.6 Å². The van der Waals surface area contributed by atoms with Gasteiger partial charge in [0.2, 0.25) is 5.91 Å². The summed E-state index contributed by atoms with van der Waals surface area (Å²) in [6.07, 6.45) is 4.47. The quantitative estimate of drug-likeness (QED) is 0.710. The fourth-order valence-corrected chi connectivity index (χ4v) is 2.22. The average molecular weight is 244 g/mol. The van der Waals surface area contributed by atoms with E-state index in [0.717, 1.165) is 12.8 Å². The third kappa shape index (κ3) is 4.06. The van der Waals surface area contributed by atoms with E-state index in [4.69, 9.17) is 22.7 Å². The van der Waals surface area contributed by atoms with Gasteiger partial charge in [0.1, 0.15) is 6.61 Å². The lowest BCUT2D eigenvalue weighted by Crippen LogP contribution is -2.45. The van der Waals surface area contributed by atoms with Crippen LogP contribution in [0.5, 0.6) is 0 Å². The first-order valence-electron chi connectivity index (χ1n) is 5.80. The monoisotopic (exact) mass is 244 g/mol. The molecule has 4 nitrogen and oxygen atoms in total. The Kier molecular flexibility index (Phi) is 5.69. The Bertz CT molecular complexity index is 252. The molecule has 0 heterocycles. The van der Waals surface area contributed by atoms with Gasteiger partial charge in [-0.3, -0.25) is 4.79 Å². The van der Waals surface area contributed by atoms with Crippen molar-refractivity contribution < 1.29 is 9.53 Å². The van der Waals surface area contributed by atoms with E-state index >= 15 is 0 Å². The first-order chi connectivity index (χ1) is 7.65. The van der Waals surface area contributed by atoms with Crippen molar-refractivity contribution in [2.24, 2.45) is 5.73 Å². The van der Waals surface area contributed by atoms with Gasteiger partial charge in [0.25, 0.3) is 0 Å². The van der Waals surface area contributed by atoms with Gasteiger partial charge in [-0.2, -0.15) is 0 Å². The molecule has 0 aromatic rings. The summed E-state index contributed by atoms with van der Waals surface area (Å²) in [5.74, 6) is 0.00144. The van der Waals surface area contributed by atoms with Gasteiger partial charge in [0.05, 0.1) is 11.5 Å². The number of nitrogens with zero attached hydrogens (tertiary/aromatic N) is 1. The van der Waals surface area contributed by atoms with Crippen LogP contribution in [0.2, 0.25) is 0 Å². The van der Waals surface area contributed by atoms with Crippen molar-refractivity contribution in [3.63, 3.8) is 0 Å². The van der Waals surface area contributed by atoms with Gasteiger partial charge in [-0.05, 0) is 19.8 Å². The Morgan fingerprint density at radius 3 is 2.62 bits per heavy atom. The van der Waals surface area contributed by atoms with Crippen LogP contribution in [-0.4, -0.2) is 41.6 Å². The molecule has 1 aliphatic rings. The van der Waals surface area contributed by atoms with Crippen LogP contribution in [0.25, 0.3) is 0 Å². The van der Waals surface area contributed by atoms with E-state index in [0.29, 0.717) is 24.2 Å². The molecule has 1 fully saturated rings. The van der Waals surface area contributed by atoms with E-state index in [2.05, 4.69) is 0 Å². The maximum atomic E-state index is 11.9. The second-order valence-electron chi connectivity index (χ2n) is 4.06. The number of thiocarbonyl (C=S) groups is 1. The highest BCUT2D eigenvalue weighted by Crippen LogP contribution is 2.23. The molecule has 0 radical (unpaired) electrons. The second-order valence-corrected chi connectivity index (χ2v) is 4.59. The van der Waals surface area contributed by atoms with Crippen LogP contribution in [0.4, 0.5) is 0 Å². The van der Waals surface area contributed by atoms with Gasteiger partial charge in [-0.1, -0.05) is 25.1 Å². The molecule has 1 amide bonds. The highest BCUT2D eigenvalue weighted by atomic mass is 32.1. The van der Waals surface area contributed by atoms with Crippen LogP contribution in [0, 0.1) is 0 Å². The molecule has 0 aromatic carbocycles. The second kappa shape index (κ2) is 6.81. The third-order valence-corrected chi connectivity index (χ3v) is 2.97. The Morgan fingerprint density at radius 1 is 1.50 bits per heavy atom. The maximum absolute atomic E-state index is 11.9. The smallest absolute Gasteiger partial charge is 0.249 e. The summed E-state index contributed by atoms with van der Waals surface area (Å²) >= 11 is 4.88. The Labute approximate surface area is 102 Å². The SMILES string of the molecule is CCOCC(=O)N(CC(N)=S)C1CCCC1. The van der Waals surface area contributed by atoms with Crippen LogP contribution in [0.15, 0.2) is 0 Å². The van der Waals surface area contributed by atoms with Crippen molar-refractivity contribution in [2.75, 3.05) is 19.8 Å². The number of carbonyl (C=O) groups excluding carboxylic acids is 1. The molecule has 2 N–H and O–H groups in total. The molecule has 0 bridgehead atoms. The van der Waals surface area contributed by atoms with Crippen LogP contribution in [0.3, 0.4) is 0 Å². The summed E-state index contributed by atoms with van der Waals surface area (Å²) < 4.78 is 5.14. The minimum atomic E-state index is 0.00144. The zero-order chi connectivity index (χ0) is 12.0. The van der Waals surface area contributed by atoms with Crippen molar-refractivity contribution in [3.8, 4) is 0 Å². The molecule has 0 aromatic heterocycles. The van der Waals surface area contributed by atoms with Crippen LogP contribution in [0.1, 0.15) is 32.6 Å². The topological polar surface area (TPSA) is 55.6 Å². The Morgan fingerprint density at radius 2 is 2.12 bits per heavy atom. The highest BCUT2D eigenvalue weighted by molar-refractivity contribution is 7.80. The van der Waals surface area contributed by atoms with Crippen molar-refractivity contribution >= 4 is 23.1 Å². The molecule has 1 aliphatic carbocycles. The number of nitrogens with two attached hydrogens (primary N) is 1. The number of hydrogen-bond acceptors (Lipinski definition) is 3. The van der Waals surface area contributed by atoms with Crippen LogP contribution in [-0.2, 0) is 9.53 Å². The fourth-order valence-electron chi connectivity index (χ4n) is 2.08. The van der Waals surface area contributed by atoms with E-state index in [9.17, 15) is 4.79 Å². The van der Waals surface area contributed by atoms with E-state index in [-0.39, 0.29) is 12.5 Å². The lowest BCUT2D eigenvalue weighted by atomic mass is 10.2. The molecule has 0 unspecified atom stereocenters. The van der Waals surface area contributed by atoms with Gasteiger partial charge in [-0.15, -0.1) is 0 Å². The molecule has 92 valence electrons. The van der Waals surface area contributed by atoms with E-state index in [1.165, 1.54) is 12.8 Å². The molecular weight excluding hydrogens is 224 g/mol. The first-order valence-corrected chi connectivity index (χ1v) is 6.21. The van der Waals surface area contributed by atoms with Gasteiger partial charge < -0.3 is 15.4 Å². The van der Waals surface area contributed by atoms with E-state index in [1.807, 2.05) is 6.92 Å². The van der Waals surface area contributed by atoms with Crippen LogP contribution < -0.4 is 5.73 Å². The van der Waals surface area contributed by atoms with Gasteiger partial charge in [-0.25, -0.2) is 0 Å². The largest absolute Gasteiger partial charge is 0.392 e. The number of amides is 1. The molecule has 1 rings (SSSR count). The molecule has 0 aliphatic heterocycles. The lowest BCUT2D eigenvalue weighted by Gasteiger charge is -2.28. The fraction of sp³-hybridized carbons (Fsp3) is 0.818. The molecule has 16 heavy (non-hydrogen) atoms. The number of ether oxygens (including phenoxy) is 1. The maximum Gasteiger partial charge on any atom is 0.249 e. The predicted octanol–water partition coefficient (Wildman–Crippen LogP) is 1.08. The van der Waals surface area contributed by atoms with Crippen molar-refractivity contribution in [2.45, 2.75) is 38.6 Å². The molecule has 0 spiro atoms. The van der Waals surface area contributed by atoms with Gasteiger partial charge in [0.15, 0.2) is 0 Å². The first kappa shape index (κ1) is 13.4. The average Bonchev–Trinajstić information content (AvgIpc) is 2.75. The van der Waals surface area contributed by atoms with Gasteiger partial charge >= 0.3 is 0 Å². The predicted molar refractivity (Wildman–Crippen MR) is 67.2 cm³/mol. The highest BCUT2D eigenvalue weighted by Gasteiger charge is 2.26. The van der Waals surface area contributed by atoms with Crippen molar-refractivity contribution in [1.82, 2.24) is 4.90 Å². The van der Waals surface area contributed by atoms with E-state index < -0.39 is 0 Å². The minimum Gasteiger partial charge on any atom is -0.392 e. The summed E-state index contributed by atoms with van der Waals surface area (Å²) in [6.45, 7) is 2.94. The molecule has 0 saturated heterocycles. The Balaban J connectivity index is 2.54. The van der Waals surface area contributed by atoms with Crippen LogP contribution >= 0.6 is 12.2 Å². The molecule has 0 atom stereocenters. The summed E-state index contributed by atoms with van der Waals surface area (Å²) in [5.41, 5.74) is 5.52. The third-order valence-electron chi connectivity index (χ3n) is 2.84. The lowest BCUT2D eigenvalue weighted by molar-refractivity contribution is -0.137. The summed E-state index contributed by atoms with van der Waals surface area (Å²) in [4.78, 5) is 14.1. The Hall–Kier alpha value is -0.680. The zero-order valence-electron chi connectivity index (χ0n) is 9.78. The zero-order valence-corrected chi connectivity index (χ0v) is 10.6. The summed E-state index contributed by atoms with van der Waals surface area (Å²) in [5, 5.41) is 0. The standard InChI is InChI=1S/C11H20N2O2S/c1-2-15-8-11(14)13(7-10(12)16)9-5-3-4-6-9/h9H,2-8H2,1H3,(H2,12,16). The summed E-state index contributed by atoms with van der Waals surface area (Å²) in [7, 11) is 0. The number of hydrogen-bond donors (Lipinski definition) is 1.